The van der Waals surface area contributed by atoms with Gasteiger partial charge in [0.05, 0.1) is 25.5 Å². The molecule has 4 rings (SSSR count). The summed E-state index contributed by atoms with van der Waals surface area (Å²) in [7, 11) is 3.13. The number of anilines is 1. The number of ether oxygens (including phenoxy) is 2. The summed E-state index contributed by atoms with van der Waals surface area (Å²) in [4.78, 5) is 43.9. The fourth-order valence-electron chi connectivity index (χ4n) is 3.92. The molecule has 1 atom stereocenters. The molecule has 39 heavy (non-hydrogen) atoms. The first-order chi connectivity index (χ1) is 18.8. The highest BCUT2D eigenvalue weighted by Gasteiger charge is 2.36. The zero-order valence-corrected chi connectivity index (χ0v) is 22.8. The second-order valence-electron chi connectivity index (χ2n) is 8.54. The molecule has 1 aliphatic rings. The van der Waals surface area contributed by atoms with Crippen molar-refractivity contribution in [2.75, 3.05) is 26.1 Å². The number of aliphatic imine (C=N–C) groups is 1. The summed E-state index contributed by atoms with van der Waals surface area (Å²) in [5.41, 5.74) is 1.90. The molecule has 1 unspecified atom stereocenters. The molecule has 2 N–H and O–H groups in total. The molecule has 0 aliphatic carbocycles. The summed E-state index contributed by atoms with van der Waals surface area (Å²) in [6.45, 7) is 0.336. The number of halogens is 1. The van der Waals surface area contributed by atoms with Gasteiger partial charge < -0.3 is 19.9 Å². The Kier molecular flexibility index (Phi) is 9.11. The zero-order valence-electron chi connectivity index (χ0n) is 21.2. The minimum absolute atomic E-state index is 0.0410. The van der Waals surface area contributed by atoms with Gasteiger partial charge in [0.15, 0.2) is 16.7 Å². The molecule has 0 bridgehead atoms. The molecule has 0 saturated carbocycles. The third kappa shape index (κ3) is 7.10. The van der Waals surface area contributed by atoms with Crippen LogP contribution in [0.3, 0.4) is 0 Å². The van der Waals surface area contributed by atoms with Crippen molar-refractivity contribution in [2.45, 2.75) is 18.1 Å². The highest BCUT2D eigenvalue weighted by Crippen LogP contribution is 2.32. The first-order valence-corrected chi connectivity index (χ1v) is 13.2. The van der Waals surface area contributed by atoms with Crippen molar-refractivity contribution in [3.63, 3.8) is 0 Å². The Morgan fingerprint density at radius 3 is 2.51 bits per heavy atom. The molecular weight excluding hydrogens is 542 g/mol. The minimum Gasteiger partial charge on any atom is -0.493 e. The van der Waals surface area contributed by atoms with E-state index in [2.05, 4.69) is 10.3 Å². The fraction of sp³-hybridized carbons (Fsp3) is 0.214. The maximum atomic E-state index is 13.3. The fourth-order valence-corrected chi connectivity index (χ4v) is 5.17. The monoisotopic (exact) mass is 567 g/mol. The van der Waals surface area contributed by atoms with E-state index in [1.165, 1.54) is 23.9 Å². The molecule has 202 valence electrons. The highest BCUT2D eigenvalue weighted by atomic mass is 35.5. The lowest BCUT2D eigenvalue weighted by Crippen LogP contribution is -2.46. The summed E-state index contributed by atoms with van der Waals surface area (Å²) in [5.74, 6) is -0.567. The molecule has 3 aromatic rings. The Bertz CT molecular complexity index is 1410. The van der Waals surface area contributed by atoms with Crippen molar-refractivity contribution < 1.29 is 29.0 Å². The van der Waals surface area contributed by atoms with Crippen molar-refractivity contribution in [1.82, 2.24) is 4.90 Å². The van der Waals surface area contributed by atoms with Crippen LogP contribution in [0.4, 0.5) is 11.4 Å². The van der Waals surface area contributed by atoms with Gasteiger partial charge in [-0.2, -0.15) is 0 Å². The van der Waals surface area contributed by atoms with E-state index in [4.69, 9.17) is 21.1 Å². The third-order valence-corrected chi connectivity index (χ3v) is 7.37. The van der Waals surface area contributed by atoms with Crippen LogP contribution in [0, 0.1) is 0 Å². The number of carboxylic acids is 1. The molecule has 2 amide bonds. The largest absolute Gasteiger partial charge is 0.493 e. The molecule has 3 aromatic carbocycles. The van der Waals surface area contributed by atoms with Gasteiger partial charge in [-0.25, -0.2) is 9.79 Å². The van der Waals surface area contributed by atoms with Crippen molar-refractivity contribution >= 4 is 57.7 Å². The van der Waals surface area contributed by atoms with E-state index < -0.39 is 17.1 Å². The molecular formula is C28H26ClN3O6S. The predicted molar refractivity (Wildman–Crippen MR) is 152 cm³/mol. The first kappa shape index (κ1) is 28.0. The number of hydrogen-bond donors (Lipinski definition) is 2. The molecule has 1 fully saturated rings. The van der Waals surface area contributed by atoms with E-state index in [0.717, 1.165) is 5.56 Å². The maximum Gasteiger partial charge on any atom is 0.335 e. The van der Waals surface area contributed by atoms with Crippen LogP contribution in [-0.4, -0.2) is 59.0 Å². The van der Waals surface area contributed by atoms with Crippen LogP contribution >= 0.6 is 23.4 Å². The van der Waals surface area contributed by atoms with Crippen LogP contribution in [0.25, 0.3) is 0 Å². The first-order valence-electron chi connectivity index (χ1n) is 11.9. The Morgan fingerprint density at radius 1 is 1.08 bits per heavy atom. The lowest BCUT2D eigenvalue weighted by Gasteiger charge is -2.32. The molecule has 9 nitrogen and oxygen atoms in total. The zero-order chi connectivity index (χ0) is 27.9. The average molecular weight is 568 g/mol. The van der Waals surface area contributed by atoms with Crippen molar-refractivity contribution in [2.24, 2.45) is 4.99 Å². The lowest BCUT2D eigenvalue weighted by molar-refractivity contribution is -0.129. The number of thioether (sulfide) groups is 1. The predicted octanol–water partition coefficient (Wildman–Crippen LogP) is 5.26. The van der Waals surface area contributed by atoms with Crippen molar-refractivity contribution in [3.8, 4) is 11.5 Å². The Labute approximate surface area is 234 Å². The molecule has 0 spiro atoms. The second-order valence-corrected chi connectivity index (χ2v) is 10.1. The SMILES string of the molecule is COc1ccc(CCN2C(=O)CC(C(=O)Nc3cccc(C(=O)O)c3)SC2=Nc2ccc(Cl)cc2)cc1OC. The van der Waals surface area contributed by atoms with Gasteiger partial charge in [-0.3, -0.25) is 14.5 Å². The number of aromatic carboxylic acids is 1. The number of amides is 2. The van der Waals surface area contributed by atoms with E-state index in [0.29, 0.717) is 46.0 Å². The van der Waals surface area contributed by atoms with Gasteiger partial charge in [0.1, 0.15) is 5.25 Å². The molecule has 1 saturated heterocycles. The van der Waals surface area contributed by atoms with E-state index in [1.807, 2.05) is 18.2 Å². The van der Waals surface area contributed by atoms with E-state index in [1.54, 1.807) is 55.5 Å². The number of carbonyl (C=O) groups excluding carboxylic acids is 2. The third-order valence-electron chi connectivity index (χ3n) is 5.93. The number of nitrogens with one attached hydrogen (secondary N) is 1. The molecule has 1 aliphatic heterocycles. The molecule has 0 aromatic heterocycles. The van der Waals surface area contributed by atoms with Gasteiger partial charge in [-0.15, -0.1) is 0 Å². The van der Waals surface area contributed by atoms with E-state index in [9.17, 15) is 19.5 Å². The smallest absolute Gasteiger partial charge is 0.335 e. The quantitative estimate of drug-likeness (QED) is 0.362. The highest BCUT2D eigenvalue weighted by molar-refractivity contribution is 8.15. The number of amidine groups is 1. The number of carboxylic acid groups (broad SMARTS) is 1. The van der Waals surface area contributed by atoms with E-state index >= 15 is 0 Å². The Hall–Kier alpha value is -4.02. The van der Waals surface area contributed by atoms with Crippen LogP contribution < -0.4 is 14.8 Å². The van der Waals surface area contributed by atoms with Crippen LogP contribution in [-0.2, 0) is 16.0 Å². The Morgan fingerprint density at radius 2 is 1.82 bits per heavy atom. The summed E-state index contributed by atoms with van der Waals surface area (Å²) in [5, 5.41) is 12.1. The summed E-state index contributed by atoms with van der Waals surface area (Å²) in [6.07, 6.45) is 0.478. The number of nitrogens with zero attached hydrogens (tertiary/aromatic N) is 2. The van der Waals surface area contributed by atoms with Gasteiger partial charge in [0.2, 0.25) is 11.8 Å². The normalized spacial score (nSPS) is 16.2. The number of hydrogen-bond acceptors (Lipinski definition) is 7. The number of rotatable bonds is 9. The summed E-state index contributed by atoms with van der Waals surface area (Å²) in [6, 6.07) is 18.4. The summed E-state index contributed by atoms with van der Waals surface area (Å²) < 4.78 is 10.7. The van der Waals surface area contributed by atoms with Gasteiger partial charge in [0.25, 0.3) is 0 Å². The van der Waals surface area contributed by atoms with Crippen LogP contribution in [0.1, 0.15) is 22.3 Å². The van der Waals surface area contributed by atoms with Gasteiger partial charge in [-0.05, 0) is 66.6 Å². The maximum absolute atomic E-state index is 13.3. The minimum atomic E-state index is -1.10. The van der Waals surface area contributed by atoms with Crippen molar-refractivity contribution in [1.29, 1.82) is 0 Å². The van der Waals surface area contributed by atoms with Gasteiger partial charge >= 0.3 is 5.97 Å². The number of carbonyl (C=O) groups is 3. The summed E-state index contributed by atoms with van der Waals surface area (Å²) >= 11 is 7.19. The van der Waals surface area contributed by atoms with E-state index in [-0.39, 0.29) is 17.9 Å². The van der Waals surface area contributed by atoms with Crippen LogP contribution in [0.15, 0.2) is 71.7 Å². The topological polar surface area (TPSA) is 118 Å². The Balaban J connectivity index is 1.55. The number of benzene rings is 3. The number of methoxy groups -OCH3 is 2. The molecule has 1 heterocycles. The van der Waals surface area contributed by atoms with Crippen LogP contribution in [0.2, 0.25) is 5.02 Å². The van der Waals surface area contributed by atoms with Crippen LogP contribution in [0.5, 0.6) is 11.5 Å². The standard InChI is InChI=1S/C28H26ClN3O6S/c1-37-22-11-6-17(14-23(22)38-2)12-13-32-25(33)16-24(39-28(32)31-20-9-7-19(29)8-10-20)26(34)30-21-5-3-4-18(15-21)27(35)36/h3-11,14-15,24H,12-13,16H2,1-2H3,(H,30,34)(H,35,36). The van der Waals surface area contributed by atoms with Gasteiger partial charge in [-0.1, -0.05) is 35.5 Å². The van der Waals surface area contributed by atoms with Crippen molar-refractivity contribution in [3.05, 3.63) is 82.9 Å². The average Bonchev–Trinajstić information content (AvgIpc) is 2.93. The molecule has 0 radical (unpaired) electrons. The second kappa shape index (κ2) is 12.7. The van der Waals surface area contributed by atoms with Gasteiger partial charge in [0, 0.05) is 23.7 Å². The molecule has 11 heteroatoms. The lowest BCUT2D eigenvalue weighted by atomic mass is 10.1.